The molecule has 136 valence electrons. The first kappa shape index (κ1) is 17.8. The first-order valence-electron chi connectivity index (χ1n) is 8.42. The number of carbonyl (C=O) groups is 1. The van der Waals surface area contributed by atoms with Crippen molar-refractivity contribution in [1.29, 1.82) is 0 Å². The molecular weight excluding hydrogens is 331 g/mol. The fraction of sp³-hybridized carbons (Fsp3) is 0.250. The number of hydrogen-bond acceptors (Lipinski definition) is 3. The van der Waals surface area contributed by atoms with E-state index in [2.05, 4.69) is 11.9 Å². The summed E-state index contributed by atoms with van der Waals surface area (Å²) in [7, 11) is 3.90. The van der Waals surface area contributed by atoms with Gasteiger partial charge in [0, 0.05) is 38.8 Å². The summed E-state index contributed by atoms with van der Waals surface area (Å²) in [6.45, 7) is 5.32. The number of nitrogen functional groups attached to an aromatic ring is 1. The zero-order valence-corrected chi connectivity index (χ0v) is 15.0. The van der Waals surface area contributed by atoms with Gasteiger partial charge in [-0.1, -0.05) is 24.8 Å². The normalized spacial score (nSPS) is 13.9. The van der Waals surface area contributed by atoms with Gasteiger partial charge in [0.2, 0.25) is 0 Å². The Morgan fingerprint density at radius 3 is 2.42 bits per heavy atom. The fourth-order valence-corrected chi connectivity index (χ4v) is 2.90. The van der Waals surface area contributed by atoms with Crippen molar-refractivity contribution in [2.24, 2.45) is 5.92 Å². The molecule has 0 aromatic heterocycles. The highest BCUT2D eigenvalue weighted by molar-refractivity contribution is 5.94. The molecule has 2 aromatic rings. The number of urea groups is 1. The van der Waals surface area contributed by atoms with E-state index in [0.29, 0.717) is 30.4 Å². The molecule has 1 heterocycles. The standard InChI is InChI=1S/C20H23FN4O/c1-13(24(2)3)16-11-25(12-16)20(26)23-19-10-15(6-9-18(19)22)14-4-7-17(21)8-5-14/h4-10,16H,1,11-12,22H2,2-3H3,(H,23,26). The van der Waals surface area contributed by atoms with Crippen LogP contribution in [0.1, 0.15) is 0 Å². The number of benzene rings is 2. The third-order valence-electron chi connectivity index (χ3n) is 4.69. The highest BCUT2D eigenvalue weighted by atomic mass is 19.1. The van der Waals surface area contributed by atoms with Gasteiger partial charge >= 0.3 is 6.03 Å². The summed E-state index contributed by atoms with van der Waals surface area (Å²) in [5, 5.41) is 2.87. The summed E-state index contributed by atoms with van der Waals surface area (Å²) in [5.41, 5.74) is 9.77. The maximum atomic E-state index is 13.1. The molecule has 2 aromatic carbocycles. The Morgan fingerprint density at radius 1 is 1.19 bits per heavy atom. The molecule has 0 aliphatic carbocycles. The number of nitrogens with zero attached hydrogens (tertiary/aromatic N) is 2. The lowest BCUT2D eigenvalue weighted by atomic mass is 9.97. The van der Waals surface area contributed by atoms with Crippen LogP contribution in [-0.2, 0) is 0 Å². The van der Waals surface area contributed by atoms with Gasteiger partial charge in [0.05, 0.1) is 11.4 Å². The minimum absolute atomic E-state index is 0.184. The Morgan fingerprint density at radius 2 is 1.81 bits per heavy atom. The summed E-state index contributed by atoms with van der Waals surface area (Å²) in [6.07, 6.45) is 0. The van der Waals surface area contributed by atoms with Gasteiger partial charge in [-0.15, -0.1) is 0 Å². The van der Waals surface area contributed by atoms with Gasteiger partial charge < -0.3 is 20.9 Å². The second-order valence-corrected chi connectivity index (χ2v) is 6.73. The van der Waals surface area contributed by atoms with E-state index in [1.165, 1.54) is 12.1 Å². The number of nitrogens with two attached hydrogens (primary N) is 1. The Bertz CT molecular complexity index is 826. The molecule has 0 bridgehead atoms. The van der Waals surface area contributed by atoms with E-state index < -0.39 is 0 Å². The molecule has 2 amide bonds. The van der Waals surface area contributed by atoms with Gasteiger partial charge in [-0.25, -0.2) is 9.18 Å². The molecule has 26 heavy (non-hydrogen) atoms. The average molecular weight is 354 g/mol. The highest BCUT2D eigenvalue weighted by Gasteiger charge is 2.33. The Labute approximate surface area is 152 Å². The van der Waals surface area contributed by atoms with Crippen LogP contribution in [0.5, 0.6) is 0 Å². The van der Waals surface area contributed by atoms with Crippen molar-refractivity contribution in [3.05, 3.63) is 60.6 Å². The van der Waals surface area contributed by atoms with Crippen LogP contribution in [0.25, 0.3) is 11.1 Å². The van der Waals surface area contributed by atoms with Gasteiger partial charge in [0.15, 0.2) is 0 Å². The molecule has 0 saturated carbocycles. The van der Waals surface area contributed by atoms with Gasteiger partial charge in [0.1, 0.15) is 5.82 Å². The molecule has 3 rings (SSSR count). The lowest BCUT2D eigenvalue weighted by molar-refractivity contribution is 0.136. The quantitative estimate of drug-likeness (QED) is 0.825. The van der Waals surface area contributed by atoms with E-state index in [1.807, 2.05) is 25.1 Å². The summed E-state index contributed by atoms with van der Waals surface area (Å²) in [4.78, 5) is 16.1. The predicted molar refractivity (Wildman–Crippen MR) is 103 cm³/mol. The van der Waals surface area contributed by atoms with Crippen LogP contribution in [0.4, 0.5) is 20.6 Å². The van der Waals surface area contributed by atoms with Crippen molar-refractivity contribution in [1.82, 2.24) is 9.80 Å². The number of halogens is 1. The smallest absolute Gasteiger partial charge is 0.321 e. The molecule has 5 nitrogen and oxygen atoms in total. The minimum Gasteiger partial charge on any atom is -0.397 e. The van der Waals surface area contributed by atoms with Crippen LogP contribution in [0.3, 0.4) is 0 Å². The molecule has 1 fully saturated rings. The molecule has 1 saturated heterocycles. The number of likely N-dealkylation sites (tertiary alicyclic amines) is 1. The number of rotatable bonds is 4. The predicted octanol–water partition coefficient (Wildman–Crippen LogP) is 3.61. The molecule has 3 N–H and O–H groups in total. The summed E-state index contributed by atoms with van der Waals surface area (Å²) >= 11 is 0. The van der Waals surface area contributed by atoms with Crippen LogP contribution in [0.15, 0.2) is 54.7 Å². The zero-order valence-electron chi connectivity index (χ0n) is 15.0. The van der Waals surface area contributed by atoms with Gasteiger partial charge in [-0.3, -0.25) is 0 Å². The molecular formula is C20H23FN4O. The molecule has 0 unspecified atom stereocenters. The fourth-order valence-electron chi connectivity index (χ4n) is 2.90. The number of anilines is 2. The molecule has 0 spiro atoms. The second-order valence-electron chi connectivity index (χ2n) is 6.73. The Balaban J connectivity index is 1.68. The van der Waals surface area contributed by atoms with Crippen LogP contribution >= 0.6 is 0 Å². The van der Waals surface area contributed by atoms with Crippen LogP contribution in [0, 0.1) is 11.7 Å². The maximum Gasteiger partial charge on any atom is 0.321 e. The topological polar surface area (TPSA) is 61.6 Å². The molecule has 0 atom stereocenters. The van der Waals surface area contributed by atoms with Crippen molar-refractivity contribution in [2.45, 2.75) is 0 Å². The van der Waals surface area contributed by atoms with E-state index in [0.717, 1.165) is 16.8 Å². The van der Waals surface area contributed by atoms with Crippen molar-refractivity contribution in [3.63, 3.8) is 0 Å². The lowest BCUT2D eigenvalue weighted by Crippen LogP contribution is -2.53. The first-order valence-corrected chi connectivity index (χ1v) is 8.42. The number of hydrogen-bond donors (Lipinski definition) is 2. The second kappa shape index (κ2) is 7.07. The van der Waals surface area contributed by atoms with Gasteiger partial charge in [-0.05, 0) is 35.4 Å². The molecule has 1 aliphatic rings. The zero-order chi connectivity index (χ0) is 18.8. The molecule has 0 radical (unpaired) electrons. The SMILES string of the molecule is C=C(C1CN(C(=O)Nc2cc(-c3ccc(F)cc3)ccc2N)C1)N(C)C. The van der Waals surface area contributed by atoms with E-state index in [1.54, 1.807) is 29.2 Å². The minimum atomic E-state index is -0.288. The Hall–Kier alpha value is -3.02. The third kappa shape index (κ3) is 3.64. The van der Waals surface area contributed by atoms with E-state index in [-0.39, 0.29) is 11.8 Å². The van der Waals surface area contributed by atoms with Crippen molar-refractivity contribution < 1.29 is 9.18 Å². The van der Waals surface area contributed by atoms with E-state index in [9.17, 15) is 9.18 Å². The van der Waals surface area contributed by atoms with Crippen LogP contribution < -0.4 is 11.1 Å². The molecule has 1 aliphatic heterocycles. The number of amides is 2. The maximum absolute atomic E-state index is 13.1. The largest absolute Gasteiger partial charge is 0.397 e. The van der Waals surface area contributed by atoms with Gasteiger partial charge in [-0.2, -0.15) is 0 Å². The number of nitrogens with one attached hydrogen (secondary N) is 1. The molecule has 6 heteroatoms. The summed E-state index contributed by atoms with van der Waals surface area (Å²) in [5.74, 6) is 0.00279. The number of carbonyl (C=O) groups excluding carboxylic acids is 1. The Kier molecular flexibility index (Phi) is 4.84. The first-order chi connectivity index (χ1) is 12.3. The summed E-state index contributed by atoms with van der Waals surface area (Å²) < 4.78 is 13.1. The van der Waals surface area contributed by atoms with Gasteiger partial charge in [0.25, 0.3) is 0 Å². The van der Waals surface area contributed by atoms with E-state index in [4.69, 9.17) is 5.73 Å². The monoisotopic (exact) mass is 354 g/mol. The van der Waals surface area contributed by atoms with Crippen molar-refractivity contribution in [2.75, 3.05) is 38.2 Å². The average Bonchev–Trinajstić information content (AvgIpc) is 2.56. The van der Waals surface area contributed by atoms with Crippen LogP contribution in [-0.4, -0.2) is 43.0 Å². The van der Waals surface area contributed by atoms with Crippen molar-refractivity contribution >= 4 is 17.4 Å². The van der Waals surface area contributed by atoms with E-state index >= 15 is 0 Å². The van der Waals surface area contributed by atoms with Crippen molar-refractivity contribution in [3.8, 4) is 11.1 Å². The summed E-state index contributed by atoms with van der Waals surface area (Å²) in [6, 6.07) is 11.4. The van der Waals surface area contributed by atoms with Crippen LogP contribution in [0.2, 0.25) is 0 Å². The highest BCUT2D eigenvalue weighted by Crippen LogP contribution is 2.29. The third-order valence-corrected chi connectivity index (χ3v) is 4.69. The lowest BCUT2D eigenvalue weighted by Gasteiger charge is -2.41.